The van der Waals surface area contributed by atoms with Crippen molar-refractivity contribution in [3.63, 3.8) is 0 Å². The summed E-state index contributed by atoms with van der Waals surface area (Å²) in [5.41, 5.74) is 18.4. The standard InChI is InChI=1S/C49H43N5/c1-49(29-10-3-11-30-49)54-46-20-9-7-18-42(46)43-34-52-45-19-8-6-17-41(45)39(26-28-47(43)54)31-37-15-12-16-40(32-37)48(51)53-44(27-23-35-13-4-2-5-14-35)38-24-21-36(33-50)22-25-38/h2-22,24-29,32,39,52H,23,30-31,34H2,1H3,(H2,51,53)/b28-26-,44-27-. The molecule has 0 saturated carbocycles. The average molecular weight is 702 g/mol. The molecular weight excluding hydrogens is 659 g/mol. The van der Waals surface area contributed by atoms with E-state index < -0.39 is 0 Å². The van der Waals surface area contributed by atoms with Crippen LogP contribution in [0.3, 0.4) is 0 Å². The second kappa shape index (κ2) is 15.1. The zero-order valence-corrected chi connectivity index (χ0v) is 30.5. The van der Waals surface area contributed by atoms with Crippen LogP contribution in [0.1, 0.15) is 63.9 Å². The SMILES string of the molecule is CC1(n2c3c(c4ccccc42)CNc2ccccc2C(Cc2cccc(C(N)=N/C(=C\Cc4ccccc4)c4ccc(C#N)cc4)c2)/C=C\3)C=CC=CC1. The monoisotopic (exact) mass is 701 g/mol. The van der Waals surface area contributed by atoms with Crippen LogP contribution in [0.4, 0.5) is 5.69 Å². The van der Waals surface area contributed by atoms with E-state index in [9.17, 15) is 5.26 Å². The van der Waals surface area contributed by atoms with Gasteiger partial charge in [-0.2, -0.15) is 5.26 Å². The normalized spacial score (nSPS) is 18.8. The summed E-state index contributed by atoms with van der Waals surface area (Å²) >= 11 is 0. The van der Waals surface area contributed by atoms with E-state index in [0.717, 1.165) is 41.9 Å². The Kier molecular flexibility index (Phi) is 9.66. The number of hydrogen-bond donors (Lipinski definition) is 2. The molecule has 5 nitrogen and oxygen atoms in total. The molecule has 5 heteroatoms. The highest BCUT2D eigenvalue weighted by Gasteiger charge is 2.30. The van der Waals surface area contributed by atoms with Crippen molar-refractivity contribution in [1.82, 2.24) is 4.57 Å². The van der Waals surface area contributed by atoms with Crippen molar-refractivity contribution in [2.45, 2.75) is 44.2 Å². The number of benzene rings is 5. The van der Waals surface area contributed by atoms with Crippen molar-refractivity contribution in [1.29, 1.82) is 5.26 Å². The Morgan fingerprint density at radius 1 is 0.889 bits per heavy atom. The Balaban J connectivity index is 1.15. The molecule has 0 bridgehead atoms. The molecule has 0 spiro atoms. The summed E-state index contributed by atoms with van der Waals surface area (Å²) in [6, 6.07) is 46.0. The number of aliphatic imine (C=N–C) groups is 1. The van der Waals surface area contributed by atoms with E-state index in [2.05, 4.69) is 144 Å². The number of anilines is 1. The third-order valence-electron chi connectivity index (χ3n) is 10.7. The maximum absolute atomic E-state index is 9.38. The van der Waals surface area contributed by atoms with Crippen LogP contribution in [0, 0.1) is 11.3 Å². The van der Waals surface area contributed by atoms with Gasteiger partial charge in [0.05, 0.1) is 22.9 Å². The molecule has 1 aromatic heterocycles. The molecule has 8 rings (SSSR count). The van der Waals surface area contributed by atoms with Crippen LogP contribution in [0.25, 0.3) is 22.7 Å². The summed E-state index contributed by atoms with van der Waals surface area (Å²) in [4.78, 5) is 4.99. The van der Waals surface area contributed by atoms with E-state index in [1.165, 1.54) is 38.9 Å². The fourth-order valence-corrected chi connectivity index (χ4v) is 7.85. The minimum absolute atomic E-state index is 0.106. The van der Waals surface area contributed by atoms with Gasteiger partial charge in [-0.15, -0.1) is 0 Å². The van der Waals surface area contributed by atoms with E-state index >= 15 is 0 Å². The first kappa shape index (κ1) is 34.4. The van der Waals surface area contributed by atoms with Crippen LogP contribution < -0.4 is 11.1 Å². The minimum atomic E-state index is -0.181. The lowest BCUT2D eigenvalue weighted by Gasteiger charge is -2.31. The predicted molar refractivity (Wildman–Crippen MR) is 224 cm³/mol. The molecular formula is C49H43N5. The quantitative estimate of drug-likeness (QED) is 0.122. The zero-order chi connectivity index (χ0) is 36.9. The maximum atomic E-state index is 9.38. The van der Waals surface area contributed by atoms with E-state index in [0.29, 0.717) is 17.8 Å². The van der Waals surface area contributed by atoms with Gasteiger partial charge in [-0.05, 0) is 84.8 Å². The Hall–Kier alpha value is -6.64. The van der Waals surface area contributed by atoms with Gasteiger partial charge in [0.25, 0.3) is 0 Å². The molecule has 2 atom stereocenters. The largest absolute Gasteiger partial charge is 0.383 e. The summed E-state index contributed by atoms with van der Waals surface area (Å²) in [6.07, 6.45) is 18.2. The fourth-order valence-electron chi connectivity index (χ4n) is 7.85. The van der Waals surface area contributed by atoms with E-state index in [1.807, 2.05) is 48.5 Å². The van der Waals surface area contributed by atoms with Gasteiger partial charge in [-0.3, -0.25) is 0 Å². The number of nitriles is 1. The second-order valence-corrected chi connectivity index (χ2v) is 14.3. The summed E-state index contributed by atoms with van der Waals surface area (Å²) in [5, 5.41) is 14.5. The Labute approximate surface area is 317 Å². The number of nitrogens with zero attached hydrogens (tertiary/aromatic N) is 3. The van der Waals surface area contributed by atoms with Gasteiger partial charge in [0.2, 0.25) is 0 Å². The topological polar surface area (TPSA) is 79.1 Å². The lowest BCUT2D eigenvalue weighted by Crippen LogP contribution is -2.29. The molecule has 0 fully saturated rings. The van der Waals surface area contributed by atoms with Crippen LogP contribution in [-0.4, -0.2) is 10.4 Å². The zero-order valence-electron chi connectivity index (χ0n) is 30.5. The highest BCUT2D eigenvalue weighted by atomic mass is 15.1. The first-order chi connectivity index (χ1) is 26.5. The number of nitrogens with two attached hydrogens (primary N) is 1. The molecule has 2 unspecified atom stereocenters. The fraction of sp³-hybridized carbons (Fsp3) is 0.143. The Bertz CT molecular complexity index is 2510. The summed E-state index contributed by atoms with van der Waals surface area (Å²) in [5.74, 6) is 0.554. The van der Waals surface area contributed by atoms with Crippen LogP contribution in [0.5, 0.6) is 0 Å². The molecule has 1 aliphatic carbocycles. The lowest BCUT2D eigenvalue weighted by atomic mass is 9.89. The Morgan fingerprint density at radius 3 is 2.48 bits per heavy atom. The number of aromatic nitrogens is 1. The van der Waals surface area contributed by atoms with Gasteiger partial charge < -0.3 is 15.6 Å². The van der Waals surface area contributed by atoms with Crippen molar-refractivity contribution >= 4 is 34.2 Å². The summed E-state index contributed by atoms with van der Waals surface area (Å²) < 4.78 is 2.54. The number of amidine groups is 1. The van der Waals surface area contributed by atoms with Crippen molar-refractivity contribution in [3.8, 4) is 6.07 Å². The third kappa shape index (κ3) is 7.07. The first-order valence-electron chi connectivity index (χ1n) is 18.7. The van der Waals surface area contributed by atoms with Crippen LogP contribution in [0.2, 0.25) is 0 Å². The van der Waals surface area contributed by atoms with Crippen molar-refractivity contribution in [3.05, 3.63) is 208 Å². The first-order valence-corrected chi connectivity index (χ1v) is 18.7. The van der Waals surface area contributed by atoms with Gasteiger partial charge in [0.15, 0.2) is 0 Å². The molecule has 264 valence electrons. The molecule has 2 aliphatic rings. The molecule has 2 heterocycles. The van der Waals surface area contributed by atoms with Crippen molar-refractivity contribution in [2.24, 2.45) is 10.7 Å². The maximum Gasteiger partial charge on any atom is 0.131 e. The van der Waals surface area contributed by atoms with Crippen LogP contribution in [0.15, 0.2) is 169 Å². The molecule has 3 N–H and O–H groups in total. The van der Waals surface area contributed by atoms with Crippen LogP contribution >= 0.6 is 0 Å². The third-order valence-corrected chi connectivity index (χ3v) is 10.7. The molecule has 54 heavy (non-hydrogen) atoms. The number of fused-ring (bicyclic) bond motifs is 4. The van der Waals surface area contributed by atoms with Crippen LogP contribution in [-0.2, 0) is 24.9 Å². The number of allylic oxidation sites excluding steroid dienone is 6. The predicted octanol–water partition coefficient (Wildman–Crippen LogP) is 10.7. The molecule has 6 aromatic rings. The lowest BCUT2D eigenvalue weighted by molar-refractivity contribution is 0.422. The number of hydrogen-bond acceptors (Lipinski definition) is 3. The Morgan fingerprint density at radius 2 is 1.67 bits per heavy atom. The van der Waals surface area contributed by atoms with Crippen molar-refractivity contribution < 1.29 is 0 Å². The van der Waals surface area contributed by atoms with Gasteiger partial charge in [0, 0.05) is 45.9 Å². The van der Waals surface area contributed by atoms with Gasteiger partial charge in [0.1, 0.15) is 5.84 Å². The van der Waals surface area contributed by atoms with E-state index in [-0.39, 0.29) is 11.5 Å². The summed E-state index contributed by atoms with van der Waals surface area (Å²) in [7, 11) is 0. The van der Waals surface area contributed by atoms with Crippen molar-refractivity contribution in [2.75, 3.05) is 5.32 Å². The smallest absolute Gasteiger partial charge is 0.131 e. The highest BCUT2D eigenvalue weighted by molar-refractivity contribution is 6.00. The molecule has 0 amide bonds. The second-order valence-electron chi connectivity index (χ2n) is 14.3. The van der Waals surface area contributed by atoms with Gasteiger partial charge >= 0.3 is 0 Å². The molecule has 0 saturated heterocycles. The van der Waals surface area contributed by atoms with Gasteiger partial charge in [-0.1, -0.05) is 134 Å². The number of nitrogens with one attached hydrogen (secondary N) is 1. The van der Waals surface area contributed by atoms with E-state index in [1.54, 1.807) is 0 Å². The van der Waals surface area contributed by atoms with Gasteiger partial charge in [-0.25, -0.2) is 4.99 Å². The summed E-state index contributed by atoms with van der Waals surface area (Å²) in [6.45, 7) is 3.06. The molecule has 1 aliphatic heterocycles. The number of rotatable bonds is 8. The number of para-hydroxylation sites is 2. The molecule has 5 aromatic carbocycles. The van der Waals surface area contributed by atoms with E-state index in [4.69, 9.17) is 10.7 Å². The molecule has 0 radical (unpaired) electrons. The average Bonchev–Trinajstić information content (AvgIpc) is 3.57. The highest BCUT2D eigenvalue weighted by Crippen LogP contribution is 2.40. The minimum Gasteiger partial charge on any atom is -0.383 e.